The molecule has 0 N–H and O–H groups in total. The third-order valence-electron chi connectivity index (χ3n) is 5.18. The highest BCUT2D eigenvalue weighted by atomic mass is 32.1. The fourth-order valence-electron chi connectivity index (χ4n) is 3.66. The number of aromatic nitrogens is 3. The van der Waals surface area contributed by atoms with Crippen molar-refractivity contribution in [1.82, 2.24) is 13.5 Å². The molecule has 0 atom stereocenters. The Balaban J connectivity index is 1.93. The lowest BCUT2D eigenvalue weighted by Gasteiger charge is -2.16. The van der Waals surface area contributed by atoms with Gasteiger partial charge < -0.3 is 4.74 Å². The van der Waals surface area contributed by atoms with Crippen LogP contribution in [0, 0.1) is 6.92 Å². The van der Waals surface area contributed by atoms with Crippen molar-refractivity contribution < 1.29 is 17.9 Å². The van der Waals surface area contributed by atoms with Gasteiger partial charge in [0.15, 0.2) is 0 Å². The fraction of sp³-hybridized carbons (Fsp3) is 0.227. The van der Waals surface area contributed by atoms with Gasteiger partial charge in [0.25, 0.3) is 5.56 Å². The average molecular weight is 461 g/mol. The maximum atomic E-state index is 13.3. The third kappa shape index (κ3) is 3.60. The number of aryl methyl sites for hydroxylation is 1. The maximum absolute atomic E-state index is 13.3. The van der Waals surface area contributed by atoms with Crippen molar-refractivity contribution in [3.8, 4) is 22.7 Å². The van der Waals surface area contributed by atoms with Crippen molar-refractivity contribution in [2.45, 2.75) is 26.6 Å². The van der Waals surface area contributed by atoms with Gasteiger partial charge in [-0.05, 0) is 67.3 Å². The van der Waals surface area contributed by atoms with Crippen LogP contribution in [0.2, 0.25) is 0 Å². The molecule has 2 aromatic heterocycles. The molecule has 32 heavy (non-hydrogen) atoms. The number of rotatable bonds is 4. The van der Waals surface area contributed by atoms with Gasteiger partial charge in [0.1, 0.15) is 11.4 Å². The van der Waals surface area contributed by atoms with Crippen LogP contribution in [0.15, 0.2) is 52.1 Å². The molecule has 0 amide bonds. The Bertz CT molecular complexity index is 1450. The number of nitrogens with zero attached hydrogens (tertiary/aromatic N) is 3. The van der Waals surface area contributed by atoms with Crippen LogP contribution in [0.25, 0.3) is 27.0 Å². The van der Waals surface area contributed by atoms with Crippen molar-refractivity contribution >= 4 is 21.6 Å². The lowest BCUT2D eigenvalue weighted by atomic mass is 10.0. The third-order valence-corrected chi connectivity index (χ3v) is 6.01. The summed E-state index contributed by atoms with van der Waals surface area (Å²) in [6.07, 6.45) is -4.81. The molecule has 4 rings (SSSR count). The highest BCUT2D eigenvalue weighted by Gasteiger charge is 2.35. The average Bonchev–Trinajstić information content (AvgIpc) is 3.16. The molecule has 0 radical (unpaired) electrons. The molecule has 0 spiro atoms. The Labute approximate surface area is 184 Å². The second-order valence-corrected chi connectivity index (χ2v) is 7.93. The van der Waals surface area contributed by atoms with Gasteiger partial charge in [-0.15, -0.1) is 0 Å². The van der Waals surface area contributed by atoms with Crippen molar-refractivity contribution in [2.24, 2.45) is 0 Å². The van der Waals surface area contributed by atoms with Crippen LogP contribution < -0.4 is 16.0 Å². The first-order valence-electron chi connectivity index (χ1n) is 9.64. The fourth-order valence-corrected chi connectivity index (χ4v) is 4.43. The highest BCUT2D eigenvalue weighted by Crippen LogP contribution is 2.34. The molecular weight excluding hydrogens is 443 g/mol. The van der Waals surface area contributed by atoms with Gasteiger partial charge in [-0.2, -0.15) is 17.5 Å². The molecule has 0 saturated carbocycles. The van der Waals surface area contributed by atoms with Gasteiger partial charge in [0.2, 0.25) is 0 Å². The van der Waals surface area contributed by atoms with E-state index in [1.165, 1.54) is 24.5 Å². The Hall–Kier alpha value is -3.40. The van der Waals surface area contributed by atoms with Crippen molar-refractivity contribution in [3.63, 3.8) is 0 Å². The molecular formula is C22H18F3N3O3S. The Kier molecular flexibility index (Phi) is 5.41. The number of ether oxygens (including phenoxy) is 1. The molecule has 0 aliphatic heterocycles. The van der Waals surface area contributed by atoms with Gasteiger partial charge in [-0.3, -0.25) is 9.36 Å². The second kappa shape index (κ2) is 7.94. The number of fused-ring (bicyclic) bond motifs is 1. The smallest absolute Gasteiger partial charge is 0.431 e. The minimum atomic E-state index is -4.81. The summed E-state index contributed by atoms with van der Waals surface area (Å²) in [6.45, 7) is 3.09. The molecule has 10 heteroatoms. The van der Waals surface area contributed by atoms with Gasteiger partial charge in [0.05, 0.1) is 23.2 Å². The monoisotopic (exact) mass is 461 g/mol. The quantitative estimate of drug-likeness (QED) is 0.445. The topological polar surface area (TPSA) is 66.1 Å². The van der Waals surface area contributed by atoms with E-state index < -0.39 is 23.1 Å². The van der Waals surface area contributed by atoms with Crippen LogP contribution in [0.4, 0.5) is 13.2 Å². The number of benzene rings is 2. The van der Waals surface area contributed by atoms with Gasteiger partial charge >= 0.3 is 11.9 Å². The Morgan fingerprint density at radius 2 is 1.84 bits per heavy atom. The van der Waals surface area contributed by atoms with E-state index in [4.69, 9.17) is 4.74 Å². The largest absolute Gasteiger partial charge is 0.496 e. The van der Waals surface area contributed by atoms with Crippen LogP contribution in [0.5, 0.6) is 5.75 Å². The molecule has 2 aromatic carbocycles. The standard InChI is InChI=1S/C22H18F3N3O3S/c1-4-27-18(22(23,24)25)11-19(29)28(21(27)30)14-6-8-17-15(10-14)20(26-32-17)13-5-7-16(31-3)12(2)9-13/h5-11H,4H2,1-3H3. The maximum Gasteiger partial charge on any atom is 0.431 e. The predicted molar refractivity (Wildman–Crippen MR) is 117 cm³/mol. The molecule has 2 heterocycles. The molecule has 0 fully saturated rings. The molecule has 6 nitrogen and oxygen atoms in total. The summed E-state index contributed by atoms with van der Waals surface area (Å²) in [5, 5.41) is 0.686. The molecule has 0 saturated heterocycles. The Morgan fingerprint density at radius 3 is 2.47 bits per heavy atom. The zero-order chi connectivity index (χ0) is 23.2. The van der Waals surface area contributed by atoms with Crippen molar-refractivity contribution in [3.05, 3.63) is 74.6 Å². The van der Waals surface area contributed by atoms with E-state index in [0.29, 0.717) is 21.7 Å². The normalized spacial score (nSPS) is 11.8. The van der Waals surface area contributed by atoms with E-state index in [1.54, 1.807) is 19.2 Å². The van der Waals surface area contributed by atoms with Crippen LogP contribution >= 0.6 is 11.5 Å². The van der Waals surface area contributed by atoms with Crippen LogP contribution in [-0.2, 0) is 12.7 Å². The summed E-state index contributed by atoms with van der Waals surface area (Å²) in [4.78, 5) is 25.4. The number of hydrogen-bond donors (Lipinski definition) is 0. The zero-order valence-corrected chi connectivity index (χ0v) is 18.2. The summed E-state index contributed by atoms with van der Waals surface area (Å²) in [7, 11) is 1.58. The lowest BCUT2D eigenvalue weighted by Crippen LogP contribution is -2.41. The second-order valence-electron chi connectivity index (χ2n) is 7.12. The predicted octanol–water partition coefficient (Wildman–Crippen LogP) is 4.63. The lowest BCUT2D eigenvalue weighted by molar-refractivity contribution is -0.144. The summed E-state index contributed by atoms with van der Waals surface area (Å²) in [6, 6.07) is 10.9. The molecule has 0 bridgehead atoms. The summed E-state index contributed by atoms with van der Waals surface area (Å²) < 4.78 is 51.8. The van der Waals surface area contributed by atoms with Gasteiger partial charge in [-0.1, -0.05) is 0 Å². The first-order valence-corrected chi connectivity index (χ1v) is 10.4. The summed E-state index contributed by atoms with van der Waals surface area (Å²) in [5.74, 6) is 0.727. The molecule has 4 aromatic rings. The number of hydrogen-bond acceptors (Lipinski definition) is 5. The minimum Gasteiger partial charge on any atom is -0.496 e. The van der Waals surface area contributed by atoms with E-state index >= 15 is 0 Å². The Morgan fingerprint density at radius 1 is 1.09 bits per heavy atom. The van der Waals surface area contributed by atoms with Crippen LogP contribution in [0.3, 0.4) is 0 Å². The van der Waals surface area contributed by atoms with E-state index in [1.807, 2.05) is 25.1 Å². The molecule has 0 unspecified atom stereocenters. The molecule has 0 aliphatic carbocycles. The van der Waals surface area contributed by atoms with E-state index in [0.717, 1.165) is 26.1 Å². The van der Waals surface area contributed by atoms with Gasteiger partial charge in [0, 0.05) is 23.6 Å². The number of halogens is 3. The first-order chi connectivity index (χ1) is 15.2. The SMILES string of the molecule is CCn1c(C(F)(F)F)cc(=O)n(-c2ccc3snc(-c4ccc(OC)c(C)c4)c3c2)c1=O. The number of alkyl halides is 3. The van der Waals surface area contributed by atoms with Crippen molar-refractivity contribution in [1.29, 1.82) is 0 Å². The first kappa shape index (κ1) is 21.8. The van der Waals surface area contributed by atoms with E-state index in [-0.39, 0.29) is 12.2 Å². The van der Waals surface area contributed by atoms with E-state index in [2.05, 4.69) is 4.37 Å². The minimum absolute atomic E-state index is 0.176. The highest BCUT2D eigenvalue weighted by molar-refractivity contribution is 7.13. The van der Waals surface area contributed by atoms with Crippen LogP contribution in [0.1, 0.15) is 18.2 Å². The molecule has 0 aliphatic rings. The number of methoxy groups -OCH3 is 1. The summed E-state index contributed by atoms with van der Waals surface area (Å²) in [5.41, 5.74) is -0.806. The van der Waals surface area contributed by atoms with Crippen molar-refractivity contribution in [2.75, 3.05) is 7.11 Å². The van der Waals surface area contributed by atoms with Gasteiger partial charge in [-0.25, -0.2) is 9.36 Å². The summed E-state index contributed by atoms with van der Waals surface area (Å²) >= 11 is 1.25. The molecule has 166 valence electrons. The van der Waals surface area contributed by atoms with E-state index in [9.17, 15) is 22.8 Å². The zero-order valence-electron chi connectivity index (χ0n) is 17.4. The van der Waals surface area contributed by atoms with Crippen LogP contribution in [-0.4, -0.2) is 20.6 Å².